The maximum atomic E-state index is 5.90. The van der Waals surface area contributed by atoms with Crippen molar-refractivity contribution in [3.8, 4) is 11.5 Å². The van der Waals surface area contributed by atoms with Crippen molar-refractivity contribution in [1.82, 2.24) is 0 Å². The zero-order valence-corrected chi connectivity index (χ0v) is 10.2. The average molecular weight is 229 g/mol. The molecule has 1 rings (SSSR count). The number of alkyl halides is 1. The second-order valence-electron chi connectivity index (χ2n) is 3.36. The van der Waals surface area contributed by atoms with E-state index >= 15 is 0 Å². The predicted molar refractivity (Wildman–Crippen MR) is 63.1 cm³/mol. The van der Waals surface area contributed by atoms with E-state index in [0.717, 1.165) is 29.9 Å². The Labute approximate surface area is 96.2 Å². The Kier molecular flexibility index (Phi) is 4.76. The van der Waals surface area contributed by atoms with Crippen LogP contribution >= 0.6 is 11.6 Å². The van der Waals surface area contributed by atoms with Gasteiger partial charge in [0.25, 0.3) is 0 Å². The molecule has 0 aliphatic carbocycles. The van der Waals surface area contributed by atoms with Gasteiger partial charge in [-0.15, -0.1) is 11.6 Å². The lowest BCUT2D eigenvalue weighted by atomic mass is 10.0. The molecule has 0 atom stereocenters. The summed E-state index contributed by atoms with van der Waals surface area (Å²) in [6.45, 7) is 2.15. The standard InChI is InChI=1S/C12H17ClO2/c1-4-5-9-6-11(14-2)12(15-3)7-10(9)8-13/h6-7H,4-5,8H2,1-3H3. The van der Waals surface area contributed by atoms with E-state index in [1.807, 2.05) is 12.1 Å². The van der Waals surface area contributed by atoms with Gasteiger partial charge in [0.05, 0.1) is 14.2 Å². The molecule has 3 heteroatoms. The molecule has 0 saturated heterocycles. The largest absolute Gasteiger partial charge is 0.493 e. The lowest BCUT2D eigenvalue weighted by molar-refractivity contribution is 0.354. The van der Waals surface area contributed by atoms with E-state index in [1.165, 1.54) is 5.56 Å². The summed E-state index contributed by atoms with van der Waals surface area (Å²) in [5, 5.41) is 0. The van der Waals surface area contributed by atoms with E-state index in [0.29, 0.717) is 5.88 Å². The highest BCUT2D eigenvalue weighted by Crippen LogP contribution is 2.31. The number of benzene rings is 1. The second kappa shape index (κ2) is 5.86. The van der Waals surface area contributed by atoms with Crippen LogP contribution in [0, 0.1) is 0 Å². The number of halogens is 1. The average Bonchev–Trinajstić information content (AvgIpc) is 2.28. The van der Waals surface area contributed by atoms with Crippen molar-refractivity contribution in [2.45, 2.75) is 25.6 Å². The van der Waals surface area contributed by atoms with Gasteiger partial charge < -0.3 is 9.47 Å². The van der Waals surface area contributed by atoms with E-state index in [4.69, 9.17) is 21.1 Å². The summed E-state index contributed by atoms with van der Waals surface area (Å²) in [4.78, 5) is 0. The van der Waals surface area contributed by atoms with Gasteiger partial charge >= 0.3 is 0 Å². The van der Waals surface area contributed by atoms with Crippen molar-refractivity contribution in [3.05, 3.63) is 23.3 Å². The van der Waals surface area contributed by atoms with Crippen LogP contribution in [0.2, 0.25) is 0 Å². The lowest BCUT2D eigenvalue weighted by Gasteiger charge is -2.13. The number of hydrogen-bond acceptors (Lipinski definition) is 2. The van der Waals surface area contributed by atoms with Gasteiger partial charge in [0.2, 0.25) is 0 Å². The van der Waals surface area contributed by atoms with Crippen LogP contribution in [-0.4, -0.2) is 14.2 Å². The van der Waals surface area contributed by atoms with E-state index in [9.17, 15) is 0 Å². The molecule has 0 heterocycles. The minimum Gasteiger partial charge on any atom is -0.493 e. The quantitative estimate of drug-likeness (QED) is 0.720. The summed E-state index contributed by atoms with van der Waals surface area (Å²) in [5.74, 6) is 2.03. The van der Waals surface area contributed by atoms with E-state index in [2.05, 4.69) is 6.92 Å². The zero-order chi connectivity index (χ0) is 11.3. The second-order valence-corrected chi connectivity index (χ2v) is 3.63. The van der Waals surface area contributed by atoms with Crippen molar-refractivity contribution in [2.24, 2.45) is 0 Å². The third kappa shape index (κ3) is 2.78. The minimum atomic E-state index is 0.510. The van der Waals surface area contributed by atoms with Gasteiger partial charge in [-0.25, -0.2) is 0 Å². The van der Waals surface area contributed by atoms with Crippen LogP contribution < -0.4 is 9.47 Å². The van der Waals surface area contributed by atoms with Crippen molar-refractivity contribution < 1.29 is 9.47 Å². The Morgan fingerprint density at radius 1 is 1.07 bits per heavy atom. The molecule has 0 spiro atoms. The molecule has 2 nitrogen and oxygen atoms in total. The molecule has 84 valence electrons. The fourth-order valence-corrected chi connectivity index (χ4v) is 1.84. The lowest BCUT2D eigenvalue weighted by Crippen LogP contribution is -1.97. The normalized spacial score (nSPS) is 10.1. The zero-order valence-electron chi connectivity index (χ0n) is 9.47. The van der Waals surface area contributed by atoms with E-state index < -0.39 is 0 Å². The molecule has 0 bridgehead atoms. The molecule has 0 aliphatic heterocycles. The van der Waals surface area contributed by atoms with Gasteiger partial charge in [-0.05, 0) is 29.7 Å². The number of ether oxygens (including phenoxy) is 2. The highest BCUT2D eigenvalue weighted by atomic mass is 35.5. The van der Waals surface area contributed by atoms with Crippen molar-refractivity contribution >= 4 is 11.6 Å². The Bertz CT molecular complexity index is 324. The van der Waals surface area contributed by atoms with Gasteiger partial charge in [-0.2, -0.15) is 0 Å². The molecule has 1 aromatic rings. The molecule has 1 aromatic carbocycles. The summed E-state index contributed by atoms with van der Waals surface area (Å²) in [6, 6.07) is 3.97. The number of methoxy groups -OCH3 is 2. The summed E-state index contributed by atoms with van der Waals surface area (Å²) in [6.07, 6.45) is 2.11. The summed E-state index contributed by atoms with van der Waals surface area (Å²) >= 11 is 5.90. The monoisotopic (exact) mass is 228 g/mol. The van der Waals surface area contributed by atoms with Crippen LogP contribution in [0.25, 0.3) is 0 Å². The molecule has 15 heavy (non-hydrogen) atoms. The van der Waals surface area contributed by atoms with Crippen LogP contribution in [0.15, 0.2) is 12.1 Å². The van der Waals surface area contributed by atoms with Gasteiger partial charge in [-0.1, -0.05) is 13.3 Å². The SMILES string of the molecule is CCCc1cc(OC)c(OC)cc1CCl. The third-order valence-corrected chi connectivity index (χ3v) is 2.66. The Hall–Kier alpha value is -0.890. The first kappa shape index (κ1) is 12.2. The topological polar surface area (TPSA) is 18.5 Å². The van der Waals surface area contributed by atoms with Crippen molar-refractivity contribution in [2.75, 3.05) is 14.2 Å². The summed E-state index contributed by atoms with van der Waals surface area (Å²) < 4.78 is 10.5. The van der Waals surface area contributed by atoms with Crippen molar-refractivity contribution in [1.29, 1.82) is 0 Å². The summed E-state index contributed by atoms with van der Waals surface area (Å²) in [7, 11) is 3.28. The number of aryl methyl sites for hydroxylation is 1. The summed E-state index contributed by atoms with van der Waals surface area (Å²) in [5.41, 5.74) is 2.36. The number of hydrogen-bond donors (Lipinski definition) is 0. The van der Waals surface area contributed by atoms with Crippen molar-refractivity contribution in [3.63, 3.8) is 0 Å². The van der Waals surface area contributed by atoms with E-state index in [1.54, 1.807) is 14.2 Å². The molecule has 0 amide bonds. The highest BCUT2D eigenvalue weighted by Gasteiger charge is 2.09. The van der Waals surface area contributed by atoms with Crippen LogP contribution in [0.3, 0.4) is 0 Å². The maximum Gasteiger partial charge on any atom is 0.161 e. The fourth-order valence-electron chi connectivity index (χ4n) is 1.59. The van der Waals surface area contributed by atoms with Crippen LogP contribution in [-0.2, 0) is 12.3 Å². The van der Waals surface area contributed by atoms with Gasteiger partial charge in [0.15, 0.2) is 11.5 Å². The molecule has 0 N–H and O–H groups in total. The van der Waals surface area contributed by atoms with Gasteiger partial charge in [-0.3, -0.25) is 0 Å². The molecule has 0 fully saturated rings. The molecule has 0 unspecified atom stereocenters. The molecule has 0 saturated carbocycles. The number of rotatable bonds is 5. The third-order valence-electron chi connectivity index (χ3n) is 2.37. The van der Waals surface area contributed by atoms with Crippen LogP contribution in [0.4, 0.5) is 0 Å². The first-order valence-electron chi connectivity index (χ1n) is 5.06. The van der Waals surface area contributed by atoms with E-state index in [-0.39, 0.29) is 0 Å². The fraction of sp³-hybridized carbons (Fsp3) is 0.500. The van der Waals surface area contributed by atoms with Crippen LogP contribution in [0.1, 0.15) is 24.5 Å². The maximum absolute atomic E-state index is 5.90. The predicted octanol–water partition coefficient (Wildman–Crippen LogP) is 3.40. The van der Waals surface area contributed by atoms with Gasteiger partial charge in [0.1, 0.15) is 0 Å². The molecule has 0 aliphatic rings. The first-order chi connectivity index (χ1) is 7.26. The van der Waals surface area contributed by atoms with Crippen LogP contribution in [0.5, 0.6) is 11.5 Å². The molecular formula is C12H17ClO2. The Balaban J connectivity index is 3.15. The Morgan fingerprint density at radius 3 is 2.00 bits per heavy atom. The first-order valence-corrected chi connectivity index (χ1v) is 5.60. The minimum absolute atomic E-state index is 0.510. The molecule has 0 radical (unpaired) electrons. The van der Waals surface area contributed by atoms with Gasteiger partial charge in [0, 0.05) is 5.88 Å². The Morgan fingerprint density at radius 2 is 1.60 bits per heavy atom. The molecule has 0 aromatic heterocycles. The highest BCUT2D eigenvalue weighted by molar-refractivity contribution is 6.17. The molecular weight excluding hydrogens is 212 g/mol. The smallest absolute Gasteiger partial charge is 0.161 e.